The van der Waals surface area contributed by atoms with Gasteiger partial charge in [-0.1, -0.05) is 24.3 Å². The summed E-state index contributed by atoms with van der Waals surface area (Å²) >= 11 is 0. The largest absolute Gasteiger partial charge is 0.418 e. The Morgan fingerprint density at radius 2 is 1.74 bits per heavy atom. The van der Waals surface area contributed by atoms with Crippen LogP contribution in [-0.2, 0) is 11.0 Å². The molecule has 3 nitrogen and oxygen atoms in total. The molecule has 0 bridgehead atoms. The van der Waals surface area contributed by atoms with Crippen molar-refractivity contribution in [2.75, 3.05) is 17.2 Å². The Morgan fingerprint density at radius 3 is 2.43 bits per heavy atom. The number of hydrogen-bond acceptors (Lipinski definition) is 2. The molecule has 0 radical (unpaired) electrons. The van der Waals surface area contributed by atoms with Crippen molar-refractivity contribution < 1.29 is 18.0 Å². The smallest absolute Gasteiger partial charge is 0.376 e. The number of amides is 1. The standard InChI is InChI=1S/C17H17F3N2O/c1-11-7-8-12(2)15(9-11)22-16(23)10-21-14-6-4-3-5-13(14)17(18,19)20/h3-9,21H,10H2,1-2H3,(H,22,23). The summed E-state index contributed by atoms with van der Waals surface area (Å²) in [4.78, 5) is 12.0. The second kappa shape index (κ2) is 6.73. The summed E-state index contributed by atoms with van der Waals surface area (Å²) in [6.45, 7) is 3.49. The van der Waals surface area contributed by atoms with Gasteiger partial charge in [0, 0.05) is 11.4 Å². The van der Waals surface area contributed by atoms with Crippen molar-refractivity contribution in [2.45, 2.75) is 20.0 Å². The van der Waals surface area contributed by atoms with E-state index < -0.39 is 17.6 Å². The highest BCUT2D eigenvalue weighted by atomic mass is 19.4. The fourth-order valence-corrected chi connectivity index (χ4v) is 2.12. The minimum absolute atomic E-state index is 0.115. The highest BCUT2D eigenvalue weighted by molar-refractivity contribution is 5.94. The molecule has 23 heavy (non-hydrogen) atoms. The van der Waals surface area contributed by atoms with E-state index in [1.165, 1.54) is 18.2 Å². The van der Waals surface area contributed by atoms with E-state index in [2.05, 4.69) is 10.6 Å². The lowest BCUT2D eigenvalue weighted by atomic mass is 10.1. The van der Waals surface area contributed by atoms with Crippen LogP contribution < -0.4 is 10.6 Å². The molecule has 0 aliphatic rings. The number of anilines is 2. The van der Waals surface area contributed by atoms with E-state index in [1.807, 2.05) is 32.0 Å². The molecule has 0 atom stereocenters. The van der Waals surface area contributed by atoms with Crippen LogP contribution in [0.5, 0.6) is 0 Å². The van der Waals surface area contributed by atoms with Gasteiger partial charge in [0.2, 0.25) is 5.91 Å². The number of nitrogens with one attached hydrogen (secondary N) is 2. The zero-order valence-corrected chi connectivity index (χ0v) is 12.8. The van der Waals surface area contributed by atoms with Crippen molar-refractivity contribution in [3.05, 3.63) is 59.2 Å². The summed E-state index contributed by atoms with van der Waals surface area (Å²) in [6.07, 6.45) is -4.47. The molecule has 0 aliphatic carbocycles. The number of benzene rings is 2. The predicted molar refractivity (Wildman–Crippen MR) is 84.5 cm³/mol. The van der Waals surface area contributed by atoms with Crippen molar-refractivity contribution in [3.8, 4) is 0 Å². The Kier molecular flexibility index (Phi) is 4.93. The van der Waals surface area contributed by atoms with E-state index in [4.69, 9.17) is 0 Å². The maximum absolute atomic E-state index is 12.9. The van der Waals surface area contributed by atoms with Crippen LogP contribution in [0.15, 0.2) is 42.5 Å². The van der Waals surface area contributed by atoms with Crippen molar-refractivity contribution >= 4 is 17.3 Å². The van der Waals surface area contributed by atoms with Crippen molar-refractivity contribution in [3.63, 3.8) is 0 Å². The maximum atomic E-state index is 12.9. The van der Waals surface area contributed by atoms with Gasteiger partial charge in [0.15, 0.2) is 0 Å². The van der Waals surface area contributed by atoms with E-state index in [0.717, 1.165) is 17.2 Å². The SMILES string of the molecule is Cc1ccc(C)c(NC(=O)CNc2ccccc2C(F)(F)F)c1. The molecule has 0 fully saturated rings. The van der Waals surface area contributed by atoms with E-state index in [-0.39, 0.29) is 12.2 Å². The van der Waals surface area contributed by atoms with Crippen molar-refractivity contribution in [2.24, 2.45) is 0 Å². The van der Waals surface area contributed by atoms with E-state index >= 15 is 0 Å². The number of aryl methyl sites for hydroxylation is 2. The number of carbonyl (C=O) groups excluding carboxylic acids is 1. The third kappa shape index (κ3) is 4.48. The predicted octanol–water partition coefficient (Wildman–Crippen LogP) is 4.37. The molecule has 0 spiro atoms. The molecule has 122 valence electrons. The minimum atomic E-state index is -4.47. The van der Waals surface area contributed by atoms with Gasteiger partial charge in [-0.3, -0.25) is 4.79 Å². The van der Waals surface area contributed by atoms with Crippen LogP contribution in [0.1, 0.15) is 16.7 Å². The van der Waals surface area contributed by atoms with Gasteiger partial charge in [0.25, 0.3) is 0 Å². The Labute approximate surface area is 132 Å². The fourth-order valence-electron chi connectivity index (χ4n) is 2.12. The molecule has 2 aromatic carbocycles. The van der Waals surface area contributed by atoms with Gasteiger partial charge in [-0.05, 0) is 43.2 Å². The van der Waals surface area contributed by atoms with Crippen LogP contribution >= 0.6 is 0 Å². The molecule has 2 rings (SSSR count). The monoisotopic (exact) mass is 322 g/mol. The second-order valence-electron chi connectivity index (χ2n) is 5.26. The molecule has 0 saturated carbocycles. The first kappa shape index (κ1) is 16.9. The Bertz CT molecular complexity index is 711. The first-order chi connectivity index (χ1) is 10.8. The number of halogens is 3. The van der Waals surface area contributed by atoms with Crippen LogP contribution in [0, 0.1) is 13.8 Å². The first-order valence-electron chi connectivity index (χ1n) is 7.04. The van der Waals surface area contributed by atoms with Gasteiger partial charge in [-0.25, -0.2) is 0 Å². The lowest BCUT2D eigenvalue weighted by molar-refractivity contribution is -0.137. The highest BCUT2D eigenvalue weighted by Gasteiger charge is 2.33. The maximum Gasteiger partial charge on any atom is 0.418 e. The molecule has 0 saturated heterocycles. The van der Waals surface area contributed by atoms with Crippen LogP contribution in [0.25, 0.3) is 0 Å². The zero-order chi connectivity index (χ0) is 17.0. The van der Waals surface area contributed by atoms with Crippen LogP contribution in [0.2, 0.25) is 0 Å². The van der Waals surface area contributed by atoms with E-state index in [9.17, 15) is 18.0 Å². The van der Waals surface area contributed by atoms with Crippen LogP contribution in [0.4, 0.5) is 24.5 Å². The molecular weight excluding hydrogens is 305 g/mol. The number of alkyl halides is 3. The topological polar surface area (TPSA) is 41.1 Å². The van der Waals surface area contributed by atoms with Gasteiger partial charge in [0.05, 0.1) is 12.1 Å². The number of carbonyl (C=O) groups is 1. The van der Waals surface area contributed by atoms with E-state index in [0.29, 0.717) is 5.69 Å². The van der Waals surface area contributed by atoms with Gasteiger partial charge in [-0.2, -0.15) is 13.2 Å². The Balaban J connectivity index is 2.04. The third-order valence-electron chi connectivity index (χ3n) is 3.34. The zero-order valence-electron chi connectivity index (χ0n) is 12.8. The van der Waals surface area contributed by atoms with Crippen molar-refractivity contribution in [1.29, 1.82) is 0 Å². The molecule has 0 heterocycles. The molecule has 0 unspecified atom stereocenters. The number of rotatable bonds is 4. The summed E-state index contributed by atoms with van der Waals surface area (Å²) in [7, 11) is 0. The summed E-state index contributed by atoms with van der Waals surface area (Å²) < 4.78 is 38.6. The molecule has 2 N–H and O–H groups in total. The summed E-state index contributed by atoms with van der Waals surface area (Å²) in [5.41, 5.74) is 1.62. The molecular formula is C17H17F3N2O. The van der Waals surface area contributed by atoms with Gasteiger partial charge in [0.1, 0.15) is 0 Å². The molecule has 1 amide bonds. The average Bonchev–Trinajstić information content (AvgIpc) is 2.48. The van der Waals surface area contributed by atoms with Crippen LogP contribution in [0.3, 0.4) is 0 Å². The second-order valence-corrected chi connectivity index (χ2v) is 5.26. The summed E-state index contributed by atoms with van der Waals surface area (Å²) in [6, 6.07) is 10.7. The molecule has 2 aromatic rings. The van der Waals surface area contributed by atoms with Gasteiger partial charge in [-0.15, -0.1) is 0 Å². The normalized spacial score (nSPS) is 11.2. The highest BCUT2D eigenvalue weighted by Crippen LogP contribution is 2.34. The first-order valence-corrected chi connectivity index (χ1v) is 7.04. The fraction of sp³-hybridized carbons (Fsp3) is 0.235. The number of para-hydroxylation sites is 1. The van der Waals surface area contributed by atoms with Gasteiger partial charge >= 0.3 is 6.18 Å². The third-order valence-corrected chi connectivity index (χ3v) is 3.34. The lowest BCUT2D eigenvalue weighted by Crippen LogP contribution is -2.23. The van der Waals surface area contributed by atoms with Gasteiger partial charge < -0.3 is 10.6 Å². The molecule has 0 aliphatic heterocycles. The van der Waals surface area contributed by atoms with Crippen LogP contribution in [-0.4, -0.2) is 12.5 Å². The molecule has 6 heteroatoms. The minimum Gasteiger partial charge on any atom is -0.376 e. The Hall–Kier alpha value is -2.50. The Morgan fingerprint density at radius 1 is 1.04 bits per heavy atom. The molecule has 0 aromatic heterocycles. The lowest BCUT2D eigenvalue weighted by Gasteiger charge is -2.15. The van der Waals surface area contributed by atoms with Crippen molar-refractivity contribution in [1.82, 2.24) is 0 Å². The summed E-state index contributed by atoms with van der Waals surface area (Å²) in [5.74, 6) is -0.407. The summed E-state index contributed by atoms with van der Waals surface area (Å²) in [5, 5.41) is 5.24. The quantitative estimate of drug-likeness (QED) is 0.877. The van der Waals surface area contributed by atoms with E-state index in [1.54, 1.807) is 0 Å². The average molecular weight is 322 g/mol. The number of hydrogen-bond donors (Lipinski definition) is 2.